The second kappa shape index (κ2) is 8.08. The maximum absolute atomic E-state index is 12.8. The number of aromatic nitrogens is 2. The largest absolute Gasteiger partial charge is 0.381 e. The Kier molecular flexibility index (Phi) is 5.52. The Bertz CT molecular complexity index is 1080. The monoisotopic (exact) mass is 411 g/mol. The molecule has 3 aromatic rings. The van der Waals surface area contributed by atoms with Crippen molar-refractivity contribution in [1.29, 1.82) is 0 Å². The minimum atomic E-state index is -0.181. The number of carbonyl (C=O) groups excluding carboxylic acids is 1. The summed E-state index contributed by atoms with van der Waals surface area (Å²) in [6.07, 6.45) is 3.19. The molecule has 1 amide bonds. The van der Waals surface area contributed by atoms with Crippen LogP contribution in [0.25, 0.3) is 10.2 Å². The van der Waals surface area contributed by atoms with Crippen LogP contribution in [0.5, 0.6) is 0 Å². The Morgan fingerprint density at radius 1 is 1.24 bits per heavy atom. The number of fused-ring (bicyclic) bond motifs is 1. The minimum Gasteiger partial charge on any atom is -0.381 e. The van der Waals surface area contributed by atoms with Gasteiger partial charge in [0, 0.05) is 30.1 Å². The molecule has 1 N–H and O–H groups in total. The molecule has 3 heterocycles. The van der Waals surface area contributed by atoms with Crippen LogP contribution in [0.1, 0.15) is 28.8 Å². The number of hydrogen-bond donors (Lipinski definition) is 1. The van der Waals surface area contributed by atoms with Gasteiger partial charge in [0.05, 0.1) is 11.7 Å². The highest BCUT2D eigenvalue weighted by atomic mass is 32.1. The summed E-state index contributed by atoms with van der Waals surface area (Å²) >= 11 is 1.51. The summed E-state index contributed by atoms with van der Waals surface area (Å²) < 4.78 is 6.95. The van der Waals surface area contributed by atoms with Crippen molar-refractivity contribution in [3.63, 3.8) is 0 Å². The van der Waals surface area contributed by atoms with E-state index >= 15 is 0 Å². The summed E-state index contributed by atoms with van der Waals surface area (Å²) in [4.78, 5) is 31.7. The first-order chi connectivity index (χ1) is 14.0. The highest BCUT2D eigenvalue weighted by Crippen LogP contribution is 2.34. The van der Waals surface area contributed by atoms with Crippen LogP contribution >= 0.6 is 11.3 Å². The molecule has 0 unspecified atom stereocenters. The van der Waals surface area contributed by atoms with E-state index in [2.05, 4.69) is 22.4 Å². The second-order valence-corrected chi connectivity index (χ2v) is 8.88. The number of carbonyl (C=O) groups is 1. The summed E-state index contributed by atoms with van der Waals surface area (Å²) in [5, 5.41) is 3.67. The minimum absolute atomic E-state index is 0.0303. The Hall–Kier alpha value is -2.51. The lowest BCUT2D eigenvalue weighted by molar-refractivity contribution is -0.122. The molecule has 0 radical (unpaired) electrons. The number of nitrogens with one attached hydrogen (secondary N) is 1. The number of nitrogens with zero attached hydrogens (tertiary/aromatic N) is 2. The zero-order chi connectivity index (χ0) is 20.4. The van der Waals surface area contributed by atoms with Crippen LogP contribution in [0.2, 0.25) is 0 Å². The lowest BCUT2D eigenvalue weighted by Crippen LogP contribution is -2.45. The summed E-state index contributed by atoms with van der Waals surface area (Å²) in [6, 6.07) is 10.3. The van der Waals surface area contributed by atoms with Gasteiger partial charge in [-0.3, -0.25) is 14.2 Å². The third-order valence-electron chi connectivity index (χ3n) is 5.93. The molecule has 2 aromatic heterocycles. The van der Waals surface area contributed by atoms with Crippen molar-refractivity contribution in [2.24, 2.45) is 0 Å². The molecular formula is C22H25N3O3S. The first-order valence-corrected chi connectivity index (χ1v) is 10.7. The molecule has 0 bridgehead atoms. The van der Waals surface area contributed by atoms with Gasteiger partial charge in [-0.25, -0.2) is 4.98 Å². The molecule has 1 aromatic carbocycles. The van der Waals surface area contributed by atoms with Crippen molar-refractivity contribution in [1.82, 2.24) is 14.9 Å². The number of benzene rings is 1. The predicted octanol–water partition coefficient (Wildman–Crippen LogP) is 2.94. The summed E-state index contributed by atoms with van der Waals surface area (Å²) in [5.41, 5.74) is 1.87. The number of amides is 1. The SMILES string of the molecule is Cc1sc2ncn(CC(=O)NCC3(c4ccccc4)CCOCC3)c(=O)c2c1C. The molecule has 1 aliphatic heterocycles. The average Bonchev–Trinajstić information content (AvgIpc) is 3.04. The van der Waals surface area contributed by atoms with Crippen LogP contribution < -0.4 is 10.9 Å². The van der Waals surface area contributed by atoms with Crippen molar-refractivity contribution >= 4 is 27.5 Å². The molecule has 1 aliphatic rings. The van der Waals surface area contributed by atoms with Crippen LogP contribution in [0.3, 0.4) is 0 Å². The van der Waals surface area contributed by atoms with Gasteiger partial charge in [0.25, 0.3) is 5.56 Å². The Morgan fingerprint density at radius 2 is 1.97 bits per heavy atom. The standard InChI is InChI=1S/C22H25N3O3S/c1-15-16(2)29-20-19(15)21(27)25(14-24-20)12-18(26)23-13-22(8-10-28-11-9-22)17-6-4-3-5-7-17/h3-7,14H,8-13H2,1-2H3,(H,23,26). The number of ether oxygens (including phenoxy) is 1. The molecule has 1 saturated heterocycles. The normalized spacial score (nSPS) is 16.1. The van der Waals surface area contributed by atoms with Crippen molar-refractivity contribution in [3.05, 3.63) is 63.0 Å². The van der Waals surface area contributed by atoms with E-state index in [0.29, 0.717) is 25.1 Å². The molecule has 4 rings (SSSR count). The zero-order valence-corrected chi connectivity index (χ0v) is 17.6. The van der Waals surface area contributed by atoms with Gasteiger partial charge in [-0.1, -0.05) is 30.3 Å². The van der Waals surface area contributed by atoms with Gasteiger partial charge >= 0.3 is 0 Å². The van der Waals surface area contributed by atoms with Crippen molar-refractivity contribution < 1.29 is 9.53 Å². The third kappa shape index (κ3) is 3.84. The molecular weight excluding hydrogens is 386 g/mol. The van der Waals surface area contributed by atoms with E-state index in [1.807, 2.05) is 32.0 Å². The van der Waals surface area contributed by atoms with Gasteiger partial charge in [0.2, 0.25) is 5.91 Å². The molecule has 0 spiro atoms. The molecule has 7 heteroatoms. The van der Waals surface area contributed by atoms with Crippen molar-refractivity contribution in [2.75, 3.05) is 19.8 Å². The maximum Gasteiger partial charge on any atom is 0.262 e. The molecule has 152 valence electrons. The third-order valence-corrected chi connectivity index (χ3v) is 7.05. The van der Waals surface area contributed by atoms with E-state index in [1.165, 1.54) is 27.8 Å². The Labute approximate surface area is 173 Å². The van der Waals surface area contributed by atoms with Gasteiger partial charge in [-0.05, 0) is 37.8 Å². The summed E-state index contributed by atoms with van der Waals surface area (Å²) in [6.45, 7) is 5.77. The molecule has 0 saturated carbocycles. The molecule has 1 fully saturated rings. The Morgan fingerprint density at radius 3 is 2.69 bits per heavy atom. The van der Waals surface area contributed by atoms with Crippen LogP contribution in [-0.2, 0) is 21.5 Å². The molecule has 0 atom stereocenters. The van der Waals surface area contributed by atoms with Gasteiger partial charge in [0.1, 0.15) is 11.4 Å². The fourth-order valence-corrected chi connectivity index (χ4v) is 4.97. The highest BCUT2D eigenvalue weighted by molar-refractivity contribution is 7.18. The van der Waals surface area contributed by atoms with Gasteiger partial charge in [0.15, 0.2) is 0 Å². The second-order valence-electron chi connectivity index (χ2n) is 7.68. The fraction of sp³-hybridized carbons (Fsp3) is 0.409. The van der Waals surface area contributed by atoms with E-state index in [4.69, 9.17) is 4.74 Å². The lowest BCUT2D eigenvalue weighted by atomic mass is 9.74. The van der Waals surface area contributed by atoms with E-state index < -0.39 is 0 Å². The number of thiophene rings is 1. The molecule has 29 heavy (non-hydrogen) atoms. The van der Waals surface area contributed by atoms with Crippen molar-refractivity contribution in [2.45, 2.75) is 38.6 Å². The van der Waals surface area contributed by atoms with E-state index in [0.717, 1.165) is 28.1 Å². The van der Waals surface area contributed by atoms with Crippen molar-refractivity contribution in [3.8, 4) is 0 Å². The molecule has 6 nitrogen and oxygen atoms in total. The Balaban J connectivity index is 1.51. The quantitative estimate of drug-likeness (QED) is 0.701. The first kappa shape index (κ1) is 19.8. The van der Waals surface area contributed by atoms with Crippen LogP contribution in [-0.4, -0.2) is 35.2 Å². The van der Waals surface area contributed by atoms with Gasteiger partial charge in [-0.2, -0.15) is 0 Å². The van der Waals surface area contributed by atoms with E-state index in [9.17, 15) is 9.59 Å². The number of rotatable bonds is 5. The molecule has 0 aliphatic carbocycles. The van der Waals surface area contributed by atoms with Gasteiger partial charge < -0.3 is 10.1 Å². The van der Waals surface area contributed by atoms with Crippen LogP contribution in [0.15, 0.2) is 41.5 Å². The first-order valence-electron chi connectivity index (χ1n) is 9.85. The predicted molar refractivity (Wildman–Crippen MR) is 115 cm³/mol. The number of aryl methyl sites for hydroxylation is 2. The highest BCUT2D eigenvalue weighted by Gasteiger charge is 2.34. The van der Waals surface area contributed by atoms with E-state index in [1.54, 1.807) is 0 Å². The summed E-state index contributed by atoms with van der Waals surface area (Å²) in [7, 11) is 0. The fourth-order valence-electron chi connectivity index (χ4n) is 3.98. The summed E-state index contributed by atoms with van der Waals surface area (Å²) in [5.74, 6) is -0.181. The number of hydrogen-bond acceptors (Lipinski definition) is 5. The topological polar surface area (TPSA) is 73.2 Å². The average molecular weight is 412 g/mol. The van der Waals surface area contributed by atoms with Gasteiger partial charge in [-0.15, -0.1) is 11.3 Å². The van der Waals surface area contributed by atoms with E-state index in [-0.39, 0.29) is 23.4 Å². The maximum atomic E-state index is 12.8. The van der Waals surface area contributed by atoms with Crippen LogP contribution in [0.4, 0.5) is 0 Å². The van der Waals surface area contributed by atoms with Crippen LogP contribution in [0, 0.1) is 13.8 Å². The smallest absolute Gasteiger partial charge is 0.262 e. The zero-order valence-electron chi connectivity index (χ0n) is 16.7. The lowest BCUT2D eigenvalue weighted by Gasteiger charge is -2.38.